The number of rotatable bonds is 1. The molecule has 0 aromatic heterocycles. The maximum absolute atomic E-state index is 10.7. The van der Waals surface area contributed by atoms with E-state index in [4.69, 9.17) is 4.74 Å². The van der Waals surface area contributed by atoms with Gasteiger partial charge < -0.3 is 4.74 Å². The van der Waals surface area contributed by atoms with E-state index < -0.39 is 0 Å². The van der Waals surface area contributed by atoms with E-state index in [-0.39, 0.29) is 12.1 Å². The predicted octanol–water partition coefficient (Wildman–Crippen LogP) is 2.13. The molecule has 2 aliphatic carbocycles. The van der Waals surface area contributed by atoms with Gasteiger partial charge in [0, 0.05) is 6.92 Å². The van der Waals surface area contributed by atoms with E-state index in [9.17, 15) is 4.79 Å². The zero-order valence-corrected chi connectivity index (χ0v) is 7.58. The molecule has 2 nitrogen and oxygen atoms in total. The van der Waals surface area contributed by atoms with Gasteiger partial charge in [-0.2, -0.15) is 0 Å². The van der Waals surface area contributed by atoms with Gasteiger partial charge in [0.15, 0.2) is 0 Å². The maximum Gasteiger partial charge on any atom is 0.302 e. The summed E-state index contributed by atoms with van der Waals surface area (Å²) in [6.45, 7) is 1.51. The van der Waals surface area contributed by atoms with E-state index in [1.54, 1.807) is 0 Å². The third-order valence-electron chi connectivity index (χ3n) is 3.17. The van der Waals surface area contributed by atoms with E-state index in [2.05, 4.69) is 0 Å². The molecule has 0 radical (unpaired) electrons. The standard InChI is InChI=1S/C10H16O2/c1-7(11)12-10-5-8-2-3-9(4-8)6-10/h8-10H,2-6H2,1H3/t8-,9+,10?. The van der Waals surface area contributed by atoms with Gasteiger partial charge in [-0.1, -0.05) is 12.8 Å². The Labute approximate surface area is 73.3 Å². The molecule has 0 spiro atoms. The highest BCUT2D eigenvalue weighted by Crippen LogP contribution is 2.42. The van der Waals surface area contributed by atoms with Crippen molar-refractivity contribution >= 4 is 5.97 Å². The summed E-state index contributed by atoms with van der Waals surface area (Å²) in [6.07, 6.45) is 6.60. The first-order valence-corrected chi connectivity index (χ1v) is 4.91. The van der Waals surface area contributed by atoms with Crippen molar-refractivity contribution in [2.24, 2.45) is 11.8 Å². The molecule has 2 rings (SSSR count). The Morgan fingerprint density at radius 2 is 1.75 bits per heavy atom. The van der Waals surface area contributed by atoms with Crippen molar-refractivity contribution < 1.29 is 9.53 Å². The maximum atomic E-state index is 10.7. The Morgan fingerprint density at radius 3 is 2.25 bits per heavy atom. The Morgan fingerprint density at radius 1 is 1.17 bits per heavy atom. The van der Waals surface area contributed by atoms with Gasteiger partial charge in [-0.3, -0.25) is 4.79 Å². The normalized spacial score (nSPS) is 39.6. The molecular formula is C10H16O2. The van der Waals surface area contributed by atoms with Crippen LogP contribution in [-0.4, -0.2) is 12.1 Å². The van der Waals surface area contributed by atoms with Crippen molar-refractivity contribution in [2.45, 2.75) is 45.1 Å². The van der Waals surface area contributed by atoms with Crippen LogP contribution in [0.3, 0.4) is 0 Å². The highest BCUT2D eigenvalue weighted by atomic mass is 16.5. The van der Waals surface area contributed by atoms with Crippen molar-refractivity contribution in [3.8, 4) is 0 Å². The summed E-state index contributed by atoms with van der Waals surface area (Å²) in [4.78, 5) is 10.7. The van der Waals surface area contributed by atoms with Crippen LogP contribution < -0.4 is 0 Å². The van der Waals surface area contributed by atoms with Crippen LogP contribution in [0.25, 0.3) is 0 Å². The fourth-order valence-electron chi connectivity index (χ4n) is 2.78. The van der Waals surface area contributed by atoms with Crippen molar-refractivity contribution in [2.75, 3.05) is 0 Å². The average molecular weight is 168 g/mol. The minimum absolute atomic E-state index is 0.110. The van der Waals surface area contributed by atoms with Crippen LogP contribution in [0.15, 0.2) is 0 Å². The van der Waals surface area contributed by atoms with Gasteiger partial charge in [0.1, 0.15) is 6.10 Å². The van der Waals surface area contributed by atoms with Crippen LogP contribution in [-0.2, 0) is 9.53 Å². The summed E-state index contributed by atoms with van der Waals surface area (Å²) >= 11 is 0. The monoisotopic (exact) mass is 168 g/mol. The smallest absolute Gasteiger partial charge is 0.302 e. The van der Waals surface area contributed by atoms with Gasteiger partial charge in [-0.05, 0) is 31.1 Å². The van der Waals surface area contributed by atoms with Crippen molar-refractivity contribution in [3.05, 3.63) is 0 Å². The van der Waals surface area contributed by atoms with E-state index in [0.717, 1.165) is 24.7 Å². The fourth-order valence-corrected chi connectivity index (χ4v) is 2.78. The Bertz CT molecular complexity index is 176. The SMILES string of the molecule is CC(=O)OC1C[C@H]2CC[C@@H](C1)C2. The molecule has 2 bridgehead atoms. The number of carbonyl (C=O) groups is 1. The molecule has 12 heavy (non-hydrogen) atoms. The van der Waals surface area contributed by atoms with Gasteiger partial charge in [-0.15, -0.1) is 0 Å². The largest absolute Gasteiger partial charge is 0.463 e. The minimum Gasteiger partial charge on any atom is -0.463 e. The van der Waals surface area contributed by atoms with Crippen molar-refractivity contribution in [1.29, 1.82) is 0 Å². The summed E-state index contributed by atoms with van der Waals surface area (Å²) in [5, 5.41) is 0. The van der Waals surface area contributed by atoms with E-state index >= 15 is 0 Å². The Hall–Kier alpha value is -0.530. The van der Waals surface area contributed by atoms with Gasteiger partial charge in [0.2, 0.25) is 0 Å². The highest BCUT2D eigenvalue weighted by Gasteiger charge is 2.35. The second kappa shape index (κ2) is 3.08. The highest BCUT2D eigenvalue weighted by molar-refractivity contribution is 5.66. The molecule has 0 amide bonds. The molecule has 0 aliphatic heterocycles. The zero-order valence-electron chi connectivity index (χ0n) is 7.58. The van der Waals surface area contributed by atoms with Gasteiger partial charge in [0.05, 0.1) is 0 Å². The molecular weight excluding hydrogens is 152 g/mol. The second-order valence-corrected chi connectivity index (χ2v) is 4.25. The summed E-state index contributed by atoms with van der Waals surface area (Å²) in [6, 6.07) is 0. The van der Waals surface area contributed by atoms with Crippen LogP contribution in [0.2, 0.25) is 0 Å². The molecule has 2 aliphatic rings. The summed E-state index contributed by atoms with van der Waals surface area (Å²) in [7, 11) is 0. The third-order valence-corrected chi connectivity index (χ3v) is 3.17. The molecule has 2 saturated carbocycles. The van der Waals surface area contributed by atoms with Gasteiger partial charge in [-0.25, -0.2) is 0 Å². The third kappa shape index (κ3) is 1.62. The topological polar surface area (TPSA) is 26.3 Å². The molecule has 0 aromatic carbocycles. The second-order valence-electron chi connectivity index (χ2n) is 4.25. The molecule has 2 heteroatoms. The lowest BCUT2D eigenvalue weighted by Gasteiger charge is -2.26. The van der Waals surface area contributed by atoms with E-state index in [1.807, 2.05) is 0 Å². The average Bonchev–Trinajstić information content (AvgIpc) is 2.29. The lowest BCUT2D eigenvalue weighted by molar-refractivity contribution is -0.148. The van der Waals surface area contributed by atoms with Crippen molar-refractivity contribution in [1.82, 2.24) is 0 Å². The molecule has 1 unspecified atom stereocenters. The van der Waals surface area contributed by atoms with Gasteiger partial charge >= 0.3 is 5.97 Å². The number of fused-ring (bicyclic) bond motifs is 2. The number of ether oxygens (including phenoxy) is 1. The Kier molecular flexibility index (Phi) is 2.07. The van der Waals surface area contributed by atoms with Crippen LogP contribution in [0, 0.1) is 11.8 Å². The van der Waals surface area contributed by atoms with Crippen molar-refractivity contribution in [3.63, 3.8) is 0 Å². The van der Waals surface area contributed by atoms with Gasteiger partial charge in [0.25, 0.3) is 0 Å². The first kappa shape index (κ1) is 8.09. The quantitative estimate of drug-likeness (QED) is 0.561. The first-order chi connectivity index (χ1) is 5.74. The van der Waals surface area contributed by atoms with Crippen LogP contribution in [0.4, 0.5) is 0 Å². The number of hydrogen-bond acceptors (Lipinski definition) is 2. The van der Waals surface area contributed by atoms with E-state index in [0.29, 0.717) is 0 Å². The summed E-state index contributed by atoms with van der Waals surface area (Å²) in [5.41, 5.74) is 0. The molecule has 2 fully saturated rings. The predicted molar refractivity (Wildman–Crippen MR) is 45.6 cm³/mol. The van der Waals surface area contributed by atoms with Crippen LogP contribution in [0.1, 0.15) is 39.0 Å². The molecule has 0 heterocycles. The Balaban J connectivity index is 1.89. The minimum atomic E-state index is -0.110. The molecule has 0 saturated heterocycles. The van der Waals surface area contributed by atoms with Crippen LogP contribution in [0.5, 0.6) is 0 Å². The fraction of sp³-hybridized carbons (Fsp3) is 0.900. The summed E-state index contributed by atoms with van der Waals surface area (Å²) < 4.78 is 5.23. The zero-order chi connectivity index (χ0) is 8.55. The number of esters is 1. The van der Waals surface area contributed by atoms with E-state index in [1.165, 1.54) is 26.2 Å². The molecule has 0 N–H and O–H groups in total. The number of carbonyl (C=O) groups excluding carboxylic acids is 1. The van der Waals surface area contributed by atoms with Crippen LogP contribution >= 0.6 is 0 Å². The number of hydrogen-bond donors (Lipinski definition) is 0. The molecule has 0 aromatic rings. The first-order valence-electron chi connectivity index (χ1n) is 4.91. The lowest BCUT2D eigenvalue weighted by atomic mass is 9.87. The summed E-state index contributed by atoms with van der Waals surface area (Å²) in [5.74, 6) is 1.60. The molecule has 68 valence electrons. The molecule has 3 atom stereocenters. The lowest BCUT2D eigenvalue weighted by Crippen LogP contribution is -2.25.